The number of carbonyl (C=O) groups excluding carboxylic acids is 2. The van der Waals surface area contributed by atoms with E-state index in [4.69, 9.17) is 9.47 Å². The van der Waals surface area contributed by atoms with Crippen LogP contribution in [0.5, 0.6) is 0 Å². The van der Waals surface area contributed by atoms with Crippen LogP contribution in [0, 0.1) is 5.92 Å². The molecule has 1 aliphatic rings. The molecule has 0 aromatic heterocycles. The summed E-state index contributed by atoms with van der Waals surface area (Å²) in [7, 11) is 3.04. The maximum absolute atomic E-state index is 11.9. The van der Waals surface area contributed by atoms with Gasteiger partial charge in [-0.05, 0) is 26.3 Å². The fourth-order valence-electron chi connectivity index (χ4n) is 2.24. The van der Waals surface area contributed by atoms with E-state index < -0.39 is 0 Å². The molecule has 0 aliphatic carbocycles. The second-order valence-electron chi connectivity index (χ2n) is 4.82. The van der Waals surface area contributed by atoms with Crippen LogP contribution >= 0.6 is 0 Å². The molecule has 6 nitrogen and oxygen atoms in total. The Morgan fingerprint density at radius 1 is 1.42 bits per heavy atom. The Bertz CT molecular complexity index is 309. The largest absolute Gasteiger partial charge is 0.469 e. The molecule has 1 heterocycles. The Morgan fingerprint density at radius 2 is 2.16 bits per heavy atom. The highest BCUT2D eigenvalue weighted by Crippen LogP contribution is 2.19. The van der Waals surface area contributed by atoms with Crippen LogP contribution < -0.4 is 5.32 Å². The highest BCUT2D eigenvalue weighted by atomic mass is 16.5. The molecule has 1 fully saturated rings. The van der Waals surface area contributed by atoms with Gasteiger partial charge in [-0.2, -0.15) is 0 Å². The Morgan fingerprint density at radius 3 is 2.79 bits per heavy atom. The number of likely N-dealkylation sites (tertiary alicyclic amines) is 1. The number of ether oxygens (including phenoxy) is 2. The van der Waals surface area contributed by atoms with Gasteiger partial charge in [0.15, 0.2) is 0 Å². The van der Waals surface area contributed by atoms with E-state index in [1.54, 1.807) is 7.11 Å². The fourth-order valence-corrected chi connectivity index (χ4v) is 2.24. The minimum Gasteiger partial charge on any atom is -0.469 e. The lowest BCUT2D eigenvalue weighted by Crippen LogP contribution is -2.44. The van der Waals surface area contributed by atoms with Crippen molar-refractivity contribution < 1.29 is 19.1 Å². The average Bonchev–Trinajstić information content (AvgIpc) is 2.91. The van der Waals surface area contributed by atoms with Crippen molar-refractivity contribution in [3.63, 3.8) is 0 Å². The second-order valence-corrected chi connectivity index (χ2v) is 4.82. The summed E-state index contributed by atoms with van der Waals surface area (Å²) in [6, 6.07) is -0.211. The molecular formula is C13H24N2O4. The first-order valence-electron chi connectivity index (χ1n) is 6.68. The van der Waals surface area contributed by atoms with Crippen LogP contribution in [-0.2, 0) is 19.1 Å². The van der Waals surface area contributed by atoms with Crippen molar-refractivity contribution in [3.8, 4) is 0 Å². The normalized spacial score (nSPS) is 21.1. The van der Waals surface area contributed by atoms with Gasteiger partial charge in [-0.3, -0.25) is 14.5 Å². The number of hydrogen-bond acceptors (Lipinski definition) is 5. The summed E-state index contributed by atoms with van der Waals surface area (Å²) in [6.07, 6.45) is 1.56. The molecule has 1 N–H and O–H groups in total. The van der Waals surface area contributed by atoms with Gasteiger partial charge in [-0.25, -0.2) is 0 Å². The Balaban J connectivity index is 2.31. The predicted molar refractivity (Wildman–Crippen MR) is 70.7 cm³/mol. The lowest BCUT2D eigenvalue weighted by Gasteiger charge is -2.23. The zero-order valence-electron chi connectivity index (χ0n) is 12.0. The molecule has 110 valence electrons. The second kappa shape index (κ2) is 8.12. The summed E-state index contributed by atoms with van der Waals surface area (Å²) in [6.45, 7) is 4.48. The highest BCUT2D eigenvalue weighted by molar-refractivity contribution is 5.81. The van der Waals surface area contributed by atoms with Gasteiger partial charge >= 0.3 is 5.97 Å². The Hall–Kier alpha value is -1.14. The first-order valence-corrected chi connectivity index (χ1v) is 6.68. The maximum atomic E-state index is 11.9. The first kappa shape index (κ1) is 15.9. The van der Waals surface area contributed by atoms with Crippen molar-refractivity contribution in [1.29, 1.82) is 0 Å². The number of hydrogen-bond donors (Lipinski definition) is 1. The van der Waals surface area contributed by atoms with E-state index >= 15 is 0 Å². The lowest BCUT2D eigenvalue weighted by atomic mass is 10.1. The molecule has 1 amide bonds. The van der Waals surface area contributed by atoms with E-state index in [1.807, 2.05) is 11.8 Å². The van der Waals surface area contributed by atoms with Gasteiger partial charge < -0.3 is 14.8 Å². The molecular weight excluding hydrogens is 248 g/mol. The van der Waals surface area contributed by atoms with Gasteiger partial charge in [0.05, 0.1) is 19.1 Å². The van der Waals surface area contributed by atoms with Crippen molar-refractivity contribution >= 4 is 11.9 Å². The summed E-state index contributed by atoms with van der Waals surface area (Å²) in [5.41, 5.74) is 0. The van der Waals surface area contributed by atoms with Crippen LogP contribution in [0.2, 0.25) is 0 Å². The predicted octanol–water partition coefficient (Wildman–Crippen LogP) is 0.0225. The molecule has 19 heavy (non-hydrogen) atoms. The van der Waals surface area contributed by atoms with Crippen molar-refractivity contribution in [2.45, 2.75) is 25.8 Å². The molecule has 1 aliphatic heterocycles. The molecule has 0 saturated carbocycles. The molecule has 1 saturated heterocycles. The number of nitrogens with zero attached hydrogens (tertiary/aromatic N) is 1. The molecule has 1 rings (SSSR count). The standard InChI is InChI=1S/C13H24N2O4/c1-10(12(16)14-6-4-8-18-2)15-7-5-11(9-15)13(17)19-3/h10-11H,4-9H2,1-3H3,(H,14,16). The summed E-state index contributed by atoms with van der Waals surface area (Å²) in [4.78, 5) is 25.4. The van der Waals surface area contributed by atoms with Gasteiger partial charge in [0.25, 0.3) is 0 Å². The lowest BCUT2D eigenvalue weighted by molar-refractivity contribution is -0.145. The SMILES string of the molecule is COCCCNC(=O)C(C)N1CCC(C(=O)OC)C1. The van der Waals surface area contributed by atoms with E-state index in [2.05, 4.69) is 5.32 Å². The zero-order chi connectivity index (χ0) is 14.3. The van der Waals surface area contributed by atoms with Crippen LogP contribution in [0.4, 0.5) is 0 Å². The van der Waals surface area contributed by atoms with Crippen LogP contribution in [-0.4, -0.2) is 63.3 Å². The number of carbonyl (C=O) groups is 2. The van der Waals surface area contributed by atoms with E-state index in [0.29, 0.717) is 19.7 Å². The van der Waals surface area contributed by atoms with E-state index in [9.17, 15) is 9.59 Å². The zero-order valence-corrected chi connectivity index (χ0v) is 12.0. The van der Waals surface area contributed by atoms with E-state index in [-0.39, 0.29) is 23.8 Å². The molecule has 0 bridgehead atoms. The average molecular weight is 272 g/mol. The summed E-state index contributed by atoms with van der Waals surface area (Å²) in [5.74, 6) is -0.287. The Labute approximate surface area is 114 Å². The van der Waals surface area contributed by atoms with Crippen LogP contribution in [0.15, 0.2) is 0 Å². The third kappa shape index (κ3) is 4.80. The number of esters is 1. The third-order valence-electron chi connectivity index (χ3n) is 3.51. The van der Waals surface area contributed by atoms with Gasteiger partial charge in [-0.1, -0.05) is 0 Å². The van der Waals surface area contributed by atoms with Gasteiger partial charge in [0.2, 0.25) is 5.91 Å². The van der Waals surface area contributed by atoms with Gasteiger partial charge in [-0.15, -0.1) is 0 Å². The minimum absolute atomic E-state index is 0.00150. The number of methoxy groups -OCH3 is 2. The monoisotopic (exact) mass is 272 g/mol. The minimum atomic E-state index is -0.211. The van der Waals surface area contributed by atoms with Crippen molar-refractivity contribution in [1.82, 2.24) is 10.2 Å². The third-order valence-corrected chi connectivity index (χ3v) is 3.51. The summed E-state index contributed by atoms with van der Waals surface area (Å²) < 4.78 is 9.66. The molecule has 0 aromatic carbocycles. The van der Waals surface area contributed by atoms with Crippen LogP contribution in [0.25, 0.3) is 0 Å². The van der Waals surface area contributed by atoms with Crippen molar-refractivity contribution in [2.75, 3.05) is 40.5 Å². The van der Waals surface area contributed by atoms with Gasteiger partial charge in [0.1, 0.15) is 0 Å². The summed E-state index contributed by atoms with van der Waals surface area (Å²) in [5, 5.41) is 2.88. The molecule has 0 aromatic rings. The topological polar surface area (TPSA) is 67.9 Å². The van der Waals surface area contributed by atoms with Gasteiger partial charge in [0, 0.05) is 26.8 Å². The molecule has 2 unspecified atom stereocenters. The van der Waals surface area contributed by atoms with E-state index in [0.717, 1.165) is 19.4 Å². The maximum Gasteiger partial charge on any atom is 0.310 e. The molecule has 0 radical (unpaired) electrons. The molecule has 6 heteroatoms. The molecule has 2 atom stereocenters. The number of rotatable bonds is 7. The smallest absolute Gasteiger partial charge is 0.310 e. The highest BCUT2D eigenvalue weighted by Gasteiger charge is 2.33. The van der Waals surface area contributed by atoms with Crippen LogP contribution in [0.1, 0.15) is 19.8 Å². The quantitative estimate of drug-likeness (QED) is 0.523. The number of nitrogens with one attached hydrogen (secondary N) is 1. The first-order chi connectivity index (χ1) is 9.10. The Kier molecular flexibility index (Phi) is 6.80. The van der Waals surface area contributed by atoms with Crippen LogP contribution in [0.3, 0.4) is 0 Å². The van der Waals surface area contributed by atoms with Crippen molar-refractivity contribution in [2.24, 2.45) is 5.92 Å². The molecule has 0 spiro atoms. The van der Waals surface area contributed by atoms with Crippen molar-refractivity contribution in [3.05, 3.63) is 0 Å². The number of amides is 1. The summed E-state index contributed by atoms with van der Waals surface area (Å²) >= 11 is 0. The van der Waals surface area contributed by atoms with E-state index in [1.165, 1.54) is 7.11 Å². The fraction of sp³-hybridized carbons (Fsp3) is 0.846.